The number of piperazine rings is 1. The van der Waals surface area contributed by atoms with Crippen LogP contribution in [0.15, 0.2) is 0 Å². The van der Waals surface area contributed by atoms with Crippen molar-refractivity contribution in [2.75, 3.05) is 32.7 Å². The highest BCUT2D eigenvalue weighted by Crippen LogP contribution is 2.26. The van der Waals surface area contributed by atoms with Crippen molar-refractivity contribution in [2.24, 2.45) is 11.1 Å². The predicted molar refractivity (Wildman–Crippen MR) is 73.1 cm³/mol. The van der Waals surface area contributed by atoms with E-state index < -0.39 is 0 Å². The molecule has 0 bridgehead atoms. The Morgan fingerprint density at radius 1 is 1.24 bits per heavy atom. The summed E-state index contributed by atoms with van der Waals surface area (Å²) in [6.45, 7) is 12.7. The smallest absolute Gasteiger partial charge is 0.0223 e. The summed E-state index contributed by atoms with van der Waals surface area (Å²) >= 11 is 0. The number of nitrogens with two attached hydrogens (primary N) is 1. The molecule has 0 aliphatic carbocycles. The Morgan fingerprint density at radius 3 is 2.71 bits per heavy atom. The van der Waals surface area contributed by atoms with Gasteiger partial charge in [0.05, 0.1) is 0 Å². The van der Waals surface area contributed by atoms with E-state index in [1.165, 1.54) is 38.9 Å². The van der Waals surface area contributed by atoms with Gasteiger partial charge in [0.15, 0.2) is 0 Å². The van der Waals surface area contributed by atoms with Crippen LogP contribution in [0.3, 0.4) is 0 Å². The zero-order chi connectivity index (χ0) is 12.5. The van der Waals surface area contributed by atoms with Crippen LogP contribution in [0.2, 0.25) is 0 Å². The third kappa shape index (κ3) is 3.21. The van der Waals surface area contributed by atoms with Gasteiger partial charge in [0.2, 0.25) is 0 Å². The number of hydrogen-bond donors (Lipinski definition) is 1. The van der Waals surface area contributed by atoms with E-state index in [1.54, 1.807) is 0 Å². The molecule has 0 aromatic rings. The van der Waals surface area contributed by atoms with Crippen molar-refractivity contribution >= 4 is 0 Å². The lowest BCUT2D eigenvalue weighted by Crippen LogP contribution is -2.60. The van der Waals surface area contributed by atoms with Crippen LogP contribution in [-0.4, -0.2) is 54.6 Å². The van der Waals surface area contributed by atoms with E-state index in [0.717, 1.165) is 19.1 Å². The molecule has 2 atom stereocenters. The fourth-order valence-corrected chi connectivity index (χ4v) is 3.25. The molecule has 0 aromatic heterocycles. The summed E-state index contributed by atoms with van der Waals surface area (Å²) in [6, 6.07) is 1.50. The molecule has 0 amide bonds. The second kappa shape index (κ2) is 5.25. The Kier molecular flexibility index (Phi) is 4.11. The molecule has 2 rings (SSSR count). The second-order valence-electron chi connectivity index (χ2n) is 6.79. The SMILES string of the molecule is CC1CN2CCCCC2CN1CC(C)(C)CN. The first-order chi connectivity index (χ1) is 8.02. The van der Waals surface area contributed by atoms with E-state index in [2.05, 4.69) is 30.6 Å². The van der Waals surface area contributed by atoms with Crippen LogP contribution >= 0.6 is 0 Å². The maximum Gasteiger partial charge on any atom is 0.0223 e. The normalized spacial score (nSPS) is 32.5. The summed E-state index contributed by atoms with van der Waals surface area (Å²) in [6.07, 6.45) is 4.22. The van der Waals surface area contributed by atoms with Gasteiger partial charge in [0.1, 0.15) is 0 Å². The van der Waals surface area contributed by atoms with Crippen molar-refractivity contribution in [2.45, 2.75) is 52.1 Å². The van der Waals surface area contributed by atoms with Gasteiger partial charge < -0.3 is 5.73 Å². The molecule has 100 valence electrons. The lowest BCUT2D eigenvalue weighted by atomic mass is 9.90. The number of nitrogens with zero attached hydrogens (tertiary/aromatic N) is 2. The van der Waals surface area contributed by atoms with Gasteiger partial charge in [0, 0.05) is 31.7 Å². The zero-order valence-electron chi connectivity index (χ0n) is 11.8. The Hall–Kier alpha value is -0.120. The van der Waals surface area contributed by atoms with Gasteiger partial charge in [-0.3, -0.25) is 9.80 Å². The molecular weight excluding hydrogens is 210 g/mol. The minimum absolute atomic E-state index is 0.255. The molecule has 0 radical (unpaired) electrons. The molecule has 0 spiro atoms. The van der Waals surface area contributed by atoms with Crippen molar-refractivity contribution < 1.29 is 0 Å². The summed E-state index contributed by atoms with van der Waals surface area (Å²) in [5.74, 6) is 0. The van der Waals surface area contributed by atoms with Crippen LogP contribution < -0.4 is 5.73 Å². The average Bonchev–Trinajstić information content (AvgIpc) is 2.30. The highest BCUT2D eigenvalue weighted by atomic mass is 15.3. The number of fused-ring (bicyclic) bond motifs is 1. The quantitative estimate of drug-likeness (QED) is 0.811. The van der Waals surface area contributed by atoms with Crippen molar-refractivity contribution in [1.82, 2.24) is 9.80 Å². The van der Waals surface area contributed by atoms with E-state index in [4.69, 9.17) is 5.73 Å². The first-order valence-electron chi connectivity index (χ1n) is 7.20. The van der Waals surface area contributed by atoms with Gasteiger partial charge in [-0.2, -0.15) is 0 Å². The number of hydrogen-bond acceptors (Lipinski definition) is 3. The number of rotatable bonds is 3. The summed E-state index contributed by atoms with van der Waals surface area (Å²) in [4.78, 5) is 5.37. The van der Waals surface area contributed by atoms with Gasteiger partial charge in [-0.15, -0.1) is 0 Å². The highest BCUT2D eigenvalue weighted by Gasteiger charge is 2.34. The van der Waals surface area contributed by atoms with Gasteiger partial charge in [0.25, 0.3) is 0 Å². The average molecular weight is 239 g/mol. The topological polar surface area (TPSA) is 32.5 Å². The lowest BCUT2D eigenvalue weighted by molar-refractivity contribution is -0.000779. The Labute approximate surface area is 106 Å². The first-order valence-corrected chi connectivity index (χ1v) is 7.20. The molecule has 2 unspecified atom stereocenters. The largest absolute Gasteiger partial charge is 0.330 e. The van der Waals surface area contributed by atoms with Crippen LogP contribution in [0, 0.1) is 5.41 Å². The minimum atomic E-state index is 0.255. The Bertz CT molecular complexity index is 252. The monoisotopic (exact) mass is 239 g/mol. The molecule has 2 fully saturated rings. The molecule has 0 aromatic carbocycles. The molecule has 0 saturated carbocycles. The summed E-state index contributed by atoms with van der Waals surface area (Å²) in [5.41, 5.74) is 6.12. The molecule has 2 heterocycles. The van der Waals surface area contributed by atoms with Crippen LogP contribution in [0.4, 0.5) is 0 Å². The summed E-state index contributed by atoms with van der Waals surface area (Å²) in [5, 5.41) is 0. The van der Waals surface area contributed by atoms with Crippen LogP contribution in [0.5, 0.6) is 0 Å². The van der Waals surface area contributed by atoms with E-state index in [1.807, 2.05) is 0 Å². The summed E-state index contributed by atoms with van der Waals surface area (Å²) in [7, 11) is 0. The van der Waals surface area contributed by atoms with Crippen molar-refractivity contribution in [1.29, 1.82) is 0 Å². The third-order valence-corrected chi connectivity index (χ3v) is 4.50. The number of piperidine rings is 1. The van der Waals surface area contributed by atoms with Crippen LogP contribution in [-0.2, 0) is 0 Å². The lowest BCUT2D eigenvalue weighted by Gasteiger charge is -2.49. The highest BCUT2D eigenvalue weighted by molar-refractivity contribution is 4.91. The Balaban J connectivity index is 1.95. The fraction of sp³-hybridized carbons (Fsp3) is 1.00. The molecule has 2 N–H and O–H groups in total. The van der Waals surface area contributed by atoms with Crippen LogP contribution in [0.25, 0.3) is 0 Å². The van der Waals surface area contributed by atoms with Gasteiger partial charge in [-0.1, -0.05) is 20.3 Å². The standard InChI is InChI=1S/C14H29N3/c1-12-8-16-7-5-4-6-13(16)9-17(12)11-14(2,3)10-15/h12-13H,4-11,15H2,1-3H3. The van der Waals surface area contributed by atoms with Crippen molar-refractivity contribution in [3.63, 3.8) is 0 Å². The van der Waals surface area contributed by atoms with Crippen molar-refractivity contribution in [3.8, 4) is 0 Å². The Morgan fingerprint density at radius 2 is 2.00 bits per heavy atom. The van der Waals surface area contributed by atoms with E-state index in [9.17, 15) is 0 Å². The van der Waals surface area contributed by atoms with Gasteiger partial charge in [-0.25, -0.2) is 0 Å². The van der Waals surface area contributed by atoms with Crippen molar-refractivity contribution in [3.05, 3.63) is 0 Å². The molecule has 2 aliphatic rings. The molecular formula is C14H29N3. The first kappa shape index (κ1) is 13.3. The molecule has 3 nitrogen and oxygen atoms in total. The van der Waals surface area contributed by atoms with E-state index >= 15 is 0 Å². The molecule has 2 aliphatic heterocycles. The summed E-state index contributed by atoms with van der Waals surface area (Å²) < 4.78 is 0. The van der Waals surface area contributed by atoms with E-state index in [0.29, 0.717) is 6.04 Å². The molecule has 17 heavy (non-hydrogen) atoms. The van der Waals surface area contributed by atoms with Gasteiger partial charge >= 0.3 is 0 Å². The third-order valence-electron chi connectivity index (χ3n) is 4.50. The minimum Gasteiger partial charge on any atom is -0.330 e. The molecule has 3 heteroatoms. The maximum atomic E-state index is 5.86. The van der Waals surface area contributed by atoms with E-state index in [-0.39, 0.29) is 5.41 Å². The second-order valence-corrected chi connectivity index (χ2v) is 6.79. The predicted octanol–water partition coefficient (Wildman–Crippen LogP) is 1.53. The molecule has 2 saturated heterocycles. The zero-order valence-corrected chi connectivity index (χ0v) is 11.8. The van der Waals surface area contributed by atoms with Gasteiger partial charge in [-0.05, 0) is 38.3 Å². The maximum absolute atomic E-state index is 5.86. The van der Waals surface area contributed by atoms with Crippen LogP contribution in [0.1, 0.15) is 40.0 Å². The fourth-order valence-electron chi connectivity index (χ4n) is 3.25.